The van der Waals surface area contributed by atoms with Gasteiger partial charge in [0, 0.05) is 12.3 Å². The normalized spacial score (nSPS) is 20.1. The van der Waals surface area contributed by atoms with Crippen molar-refractivity contribution in [1.29, 1.82) is 0 Å². The van der Waals surface area contributed by atoms with E-state index in [0.717, 1.165) is 30.4 Å². The second-order valence-electron chi connectivity index (χ2n) is 6.64. The highest BCUT2D eigenvalue weighted by atomic mass is 16.5. The van der Waals surface area contributed by atoms with E-state index in [0.29, 0.717) is 11.8 Å². The first-order valence-electron chi connectivity index (χ1n) is 8.55. The van der Waals surface area contributed by atoms with Crippen molar-refractivity contribution >= 4 is 0 Å². The maximum atomic E-state index is 5.23. The number of hydrogen-bond donors (Lipinski definition) is 0. The zero-order valence-electron chi connectivity index (χ0n) is 13.6. The van der Waals surface area contributed by atoms with E-state index in [-0.39, 0.29) is 0 Å². The average molecular weight is 309 g/mol. The number of hydrogen-bond acceptors (Lipinski definition) is 3. The molecule has 23 heavy (non-hydrogen) atoms. The molecule has 120 valence electrons. The minimum Gasteiger partial charge on any atom is -0.497 e. The number of aromatic nitrogens is 3. The zero-order chi connectivity index (χ0) is 15.6. The standard InChI is InChI=1S/C19H23N3O/c1-23-17-10-6-15(7-11-17)13-22-18(12-14-4-2-3-5-14)20-19(21-22)16-8-9-16/h2,4,6-7,10-11,14,16H,3,5,8-9,12-13H2,1H3/t14-/m1/s1. The molecule has 0 N–H and O–H groups in total. The van der Waals surface area contributed by atoms with E-state index < -0.39 is 0 Å². The third-order valence-electron chi connectivity index (χ3n) is 4.76. The van der Waals surface area contributed by atoms with Gasteiger partial charge in [-0.05, 0) is 49.3 Å². The van der Waals surface area contributed by atoms with Crippen LogP contribution in [0.15, 0.2) is 36.4 Å². The number of ether oxygens (including phenoxy) is 1. The average Bonchev–Trinajstić information content (AvgIpc) is 3.17. The molecule has 0 radical (unpaired) electrons. The Morgan fingerprint density at radius 1 is 1.17 bits per heavy atom. The van der Waals surface area contributed by atoms with E-state index in [1.807, 2.05) is 12.1 Å². The van der Waals surface area contributed by atoms with Crippen LogP contribution >= 0.6 is 0 Å². The molecule has 2 aromatic rings. The summed E-state index contributed by atoms with van der Waals surface area (Å²) in [5, 5.41) is 4.80. The third-order valence-corrected chi connectivity index (χ3v) is 4.76. The summed E-state index contributed by atoms with van der Waals surface area (Å²) in [5.41, 5.74) is 1.24. The second kappa shape index (κ2) is 6.19. The van der Waals surface area contributed by atoms with Crippen molar-refractivity contribution < 1.29 is 4.74 Å². The van der Waals surface area contributed by atoms with E-state index >= 15 is 0 Å². The van der Waals surface area contributed by atoms with Crippen LogP contribution in [0.2, 0.25) is 0 Å². The van der Waals surface area contributed by atoms with Gasteiger partial charge in [0.2, 0.25) is 0 Å². The van der Waals surface area contributed by atoms with Crippen molar-refractivity contribution in [2.24, 2.45) is 5.92 Å². The summed E-state index contributed by atoms with van der Waals surface area (Å²) in [6.45, 7) is 0.787. The number of methoxy groups -OCH3 is 1. The molecule has 0 unspecified atom stereocenters. The van der Waals surface area contributed by atoms with Gasteiger partial charge in [-0.3, -0.25) is 0 Å². The molecule has 0 spiro atoms. The topological polar surface area (TPSA) is 39.9 Å². The molecule has 2 aliphatic rings. The first-order chi connectivity index (χ1) is 11.3. The molecule has 0 saturated heterocycles. The number of rotatable bonds is 6. The monoisotopic (exact) mass is 309 g/mol. The smallest absolute Gasteiger partial charge is 0.154 e. The predicted octanol–water partition coefficient (Wildman–Crippen LogP) is 3.72. The lowest BCUT2D eigenvalue weighted by Gasteiger charge is -2.10. The zero-order valence-corrected chi connectivity index (χ0v) is 13.6. The highest BCUT2D eigenvalue weighted by Gasteiger charge is 2.29. The fraction of sp³-hybridized carbons (Fsp3) is 0.474. The van der Waals surface area contributed by atoms with E-state index in [1.165, 1.54) is 31.2 Å². The largest absolute Gasteiger partial charge is 0.497 e. The molecule has 1 heterocycles. The maximum absolute atomic E-state index is 5.23. The second-order valence-corrected chi connectivity index (χ2v) is 6.64. The molecular weight excluding hydrogens is 286 g/mol. The Bertz CT molecular complexity index is 698. The van der Waals surface area contributed by atoms with Gasteiger partial charge < -0.3 is 4.74 Å². The van der Waals surface area contributed by atoms with Gasteiger partial charge in [-0.2, -0.15) is 5.10 Å². The molecule has 2 aliphatic carbocycles. The Morgan fingerprint density at radius 2 is 2.00 bits per heavy atom. The number of benzene rings is 1. The summed E-state index contributed by atoms with van der Waals surface area (Å²) in [7, 11) is 1.70. The molecule has 0 amide bonds. The van der Waals surface area contributed by atoms with Gasteiger partial charge in [0.05, 0.1) is 13.7 Å². The Labute approximate surface area is 137 Å². The van der Waals surface area contributed by atoms with E-state index in [2.05, 4.69) is 29.0 Å². The van der Waals surface area contributed by atoms with Gasteiger partial charge in [0.25, 0.3) is 0 Å². The molecule has 1 aromatic carbocycles. The third kappa shape index (κ3) is 3.31. The van der Waals surface area contributed by atoms with Crippen molar-refractivity contribution in [2.75, 3.05) is 7.11 Å². The van der Waals surface area contributed by atoms with Crippen LogP contribution in [0.25, 0.3) is 0 Å². The minimum absolute atomic E-state index is 0.602. The van der Waals surface area contributed by atoms with Crippen LogP contribution in [0, 0.1) is 5.92 Å². The fourth-order valence-electron chi connectivity index (χ4n) is 3.19. The van der Waals surface area contributed by atoms with Gasteiger partial charge in [0.1, 0.15) is 11.6 Å². The molecule has 1 fully saturated rings. The summed E-state index contributed by atoms with van der Waals surface area (Å²) in [6.07, 6.45) is 10.6. The molecular formula is C19H23N3O. The van der Waals surface area contributed by atoms with Gasteiger partial charge in [-0.15, -0.1) is 0 Å². The van der Waals surface area contributed by atoms with Crippen molar-refractivity contribution in [3.8, 4) is 5.75 Å². The summed E-state index contributed by atoms with van der Waals surface area (Å²) < 4.78 is 7.35. The summed E-state index contributed by atoms with van der Waals surface area (Å²) in [5.74, 6) is 4.31. The Hall–Kier alpha value is -2.10. The van der Waals surface area contributed by atoms with Gasteiger partial charge in [-0.25, -0.2) is 9.67 Å². The lowest BCUT2D eigenvalue weighted by atomic mass is 10.1. The number of nitrogens with zero attached hydrogens (tertiary/aromatic N) is 3. The van der Waals surface area contributed by atoms with Crippen LogP contribution in [-0.4, -0.2) is 21.9 Å². The SMILES string of the molecule is COc1ccc(Cn2nc(C3CC3)nc2C[C@@H]2C=CCC2)cc1. The van der Waals surface area contributed by atoms with Gasteiger partial charge in [-0.1, -0.05) is 24.3 Å². The maximum Gasteiger partial charge on any atom is 0.154 e. The molecule has 1 saturated carbocycles. The molecule has 0 aliphatic heterocycles. The first-order valence-corrected chi connectivity index (χ1v) is 8.55. The summed E-state index contributed by atoms with van der Waals surface area (Å²) >= 11 is 0. The van der Waals surface area contributed by atoms with Crippen LogP contribution in [0.4, 0.5) is 0 Å². The lowest BCUT2D eigenvalue weighted by Crippen LogP contribution is -2.10. The fourth-order valence-corrected chi connectivity index (χ4v) is 3.19. The van der Waals surface area contributed by atoms with Crippen LogP contribution in [-0.2, 0) is 13.0 Å². The van der Waals surface area contributed by atoms with Gasteiger partial charge in [0.15, 0.2) is 5.82 Å². The van der Waals surface area contributed by atoms with Crippen molar-refractivity contribution in [3.63, 3.8) is 0 Å². The van der Waals surface area contributed by atoms with E-state index in [4.69, 9.17) is 14.8 Å². The van der Waals surface area contributed by atoms with Crippen LogP contribution in [0.3, 0.4) is 0 Å². The minimum atomic E-state index is 0.602. The van der Waals surface area contributed by atoms with Crippen molar-refractivity contribution in [1.82, 2.24) is 14.8 Å². The van der Waals surface area contributed by atoms with Crippen molar-refractivity contribution in [2.45, 2.75) is 44.6 Å². The summed E-state index contributed by atoms with van der Waals surface area (Å²) in [4.78, 5) is 4.86. The Kier molecular flexibility index (Phi) is 3.90. The first kappa shape index (κ1) is 14.5. The number of allylic oxidation sites excluding steroid dienone is 2. The summed E-state index contributed by atoms with van der Waals surface area (Å²) in [6, 6.07) is 8.23. The predicted molar refractivity (Wildman–Crippen MR) is 89.7 cm³/mol. The van der Waals surface area contributed by atoms with Crippen LogP contribution in [0.5, 0.6) is 5.75 Å². The van der Waals surface area contributed by atoms with Crippen LogP contribution < -0.4 is 4.74 Å². The van der Waals surface area contributed by atoms with E-state index in [9.17, 15) is 0 Å². The van der Waals surface area contributed by atoms with Gasteiger partial charge >= 0.3 is 0 Å². The Morgan fingerprint density at radius 3 is 2.65 bits per heavy atom. The molecule has 4 nitrogen and oxygen atoms in total. The lowest BCUT2D eigenvalue weighted by molar-refractivity contribution is 0.414. The molecule has 4 rings (SSSR count). The van der Waals surface area contributed by atoms with Crippen molar-refractivity contribution in [3.05, 3.63) is 53.6 Å². The Balaban J connectivity index is 1.55. The molecule has 1 aromatic heterocycles. The highest BCUT2D eigenvalue weighted by Crippen LogP contribution is 2.38. The van der Waals surface area contributed by atoms with Crippen LogP contribution in [0.1, 0.15) is 48.8 Å². The van der Waals surface area contributed by atoms with E-state index in [1.54, 1.807) is 7.11 Å². The molecule has 4 heteroatoms. The quantitative estimate of drug-likeness (QED) is 0.764. The molecule has 1 atom stereocenters. The molecule has 0 bridgehead atoms. The highest BCUT2D eigenvalue weighted by molar-refractivity contribution is 5.27.